The molecule has 2 aliphatic heterocycles. The zero-order valence-corrected chi connectivity index (χ0v) is 11.6. The lowest BCUT2D eigenvalue weighted by atomic mass is 9.92. The summed E-state index contributed by atoms with van der Waals surface area (Å²) in [5.74, 6) is -1.54. The SMILES string of the molecule is O=C(O)C1Cc2ccccc2N(C(=O)C2COCCN2)C1. The molecule has 2 unspecified atom stereocenters. The lowest BCUT2D eigenvalue weighted by Crippen LogP contribution is -2.55. The van der Waals surface area contributed by atoms with Gasteiger partial charge >= 0.3 is 5.97 Å². The quantitative estimate of drug-likeness (QED) is 0.817. The summed E-state index contributed by atoms with van der Waals surface area (Å²) >= 11 is 0. The molecule has 0 radical (unpaired) electrons. The topological polar surface area (TPSA) is 78.9 Å². The number of carbonyl (C=O) groups excluding carboxylic acids is 1. The van der Waals surface area contributed by atoms with E-state index >= 15 is 0 Å². The predicted octanol–water partition coefficient (Wildman–Crippen LogP) is 0.265. The third-order valence-electron chi connectivity index (χ3n) is 3.99. The van der Waals surface area contributed by atoms with E-state index in [1.54, 1.807) is 4.90 Å². The Morgan fingerprint density at radius 2 is 2.14 bits per heavy atom. The monoisotopic (exact) mass is 290 g/mol. The highest BCUT2D eigenvalue weighted by atomic mass is 16.5. The summed E-state index contributed by atoms with van der Waals surface area (Å²) < 4.78 is 5.33. The van der Waals surface area contributed by atoms with Crippen molar-refractivity contribution < 1.29 is 19.4 Å². The van der Waals surface area contributed by atoms with E-state index < -0.39 is 17.9 Å². The normalized spacial score (nSPS) is 25.2. The van der Waals surface area contributed by atoms with E-state index in [2.05, 4.69) is 5.32 Å². The lowest BCUT2D eigenvalue weighted by molar-refractivity contribution is -0.141. The number of para-hydroxylation sites is 1. The fraction of sp³-hybridized carbons (Fsp3) is 0.467. The number of carbonyl (C=O) groups is 2. The number of ether oxygens (including phenoxy) is 1. The van der Waals surface area contributed by atoms with Crippen molar-refractivity contribution in [2.24, 2.45) is 5.92 Å². The molecule has 0 saturated carbocycles. The molecule has 112 valence electrons. The highest BCUT2D eigenvalue weighted by molar-refractivity contribution is 5.99. The Kier molecular flexibility index (Phi) is 3.90. The summed E-state index contributed by atoms with van der Waals surface area (Å²) in [7, 11) is 0. The van der Waals surface area contributed by atoms with Gasteiger partial charge in [0.15, 0.2) is 0 Å². The fourth-order valence-corrected chi connectivity index (χ4v) is 2.88. The molecule has 1 aromatic rings. The molecular formula is C15H18N2O4. The van der Waals surface area contributed by atoms with Gasteiger partial charge in [0.1, 0.15) is 6.04 Å². The van der Waals surface area contributed by atoms with Crippen molar-refractivity contribution in [1.29, 1.82) is 0 Å². The third-order valence-corrected chi connectivity index (χ3v) is 3.99. The number of hydrogen-bond acceptors (Lipinski definition) is 4. The number of aliphatic carboxylic acids is 1. The predicted molar refractivity (Wildman–Crippen MR) is 76.2 cm³/mol. The van der Waals surface area contributed by atoms with Crippen LogP contribution in [0.15, 0.2) is 24.3 Å². The number of benzene rings is 1. The molecule has 0 aromatic heterocycles. The van der Waals surface area contributed by atoms with E-state index in [0.29, 0.717) is 26.2 Å². The number of amides is 1. The fourth-order valence-electron chi connectivity index (χ4n) is 2.88. The second-order valence-electron chi connectivity index (χ2n) is 5.40. The van der Waals surface area contributed by atoms with Gasteiger partial charge < -0.3 is 20.1 Å². The summed E-state index contributed by atoms with van der Waals surface area (Å²) in [6.07, 6.45) is 0.462. The molecule has 0 aliphatic carbocycles. The van der Waals surface area contributed by atoms with Crippen molar-refractivity contribution in [3.63, 3.8) is 0 Å². The van der Waals surface area contributed by atoms with Crippen LogP contribution in [-0.4, -0.2) is 49.3 Å². The minimum atomic E-state index is -0.866. The van der Waals surface area contributed by atoms with Crippen LogP contribution in [0.1, 0.15) is 5.56 Å². The maximum Gasteiger partial charge on any atom is 0.308 e. The van der Waals surface area contributed by atoms with Crippen LogP contribution in [0.4, 0.5) is 5.69 Å². The maximum absolute atomic E-state index is 12.7. The Morgan fingerprint density at radius 3 is 2.86 bits per heavy atom. The molecule has 2 atom stereocenters. The van der Waals surface area contributed by atoms with Crippen molar-refractivity contribution in [3.05, 3.63) is 29.8 Å². The summed E-state index contributed by atoms with van der Waals surface area (Å²) in [6.45, 7) is 1.77. The minimum Gasteiger partial charge on any atom is -0.481 e. The van der Waals surface area contributed by atoms with Gasteiger partial charge in [-0.25, -0.2) is 0 Å². The van der Waals surface area contributed by atoms with Crippen molar-refractivity contribution in [2.75, 3.05) is 31.2 Å². The van der Waals surface area contributed by atoms with Crippen LogP contribution in [0.2, 0.25) is 0 Å². The molecule has 6 nitrogen and oxygen atoms in total. The van der Waals surface area contributed by atoms with E-state index in [-0.39, 0.29) is 12.5 Å². The molecule has 2 aliphatic rings. The van der Waals surface area contributed by atoms with E-state index in [4.69, 9.17) is 4.74 Å². The molecule has 6 heteroatoms. The van der Waals surface area contributed by atoms with E-state index in [9.17, 15) is 14.7 Å². The number of morpholine rings is 1. The van der Waals surface area contributed by atoms with Gasteiger partial charge in [0, 0.05) is 18.8 Å². The van der Waals surface area contributed by atoms with Gasteiger partial charge in [0.05, 0.1) is 19.1 Å². The van der Waals surface area contributed by atoms with Gasteiger partial charge in [0.2, 0.25) is 5.91 Å². The Labute approximate surface area is 122 Å². The largest absolute Gasteiger partial charge is 0.481 e. The molecule has 0 bridgehead atoms. The number of anilines is 1. The van der Waals surface area contributed by atoms with Gasteiger partial charge in [-0.2, -0.15) is 0 Å². The number of nitrogens with zero attached hydrogens (tertiary/aromatic N) is 1. The first-order chi connectivity index (χ1) is 10.2. The van der Waals surface area contributed by atoms with Crippen LogP contribution in [0.25, 0.3) is 0 Å². The third kappa shape index (κ3) is 2.77. The van der Waals surface area contributed by atoms with E-state index in [0.717, 1.165) is 11.3 Å². The molecule has 21 heavy (non-hydrogen) atoms. The van der Waals surface area contributed by atoms with Gasteiger partial charge in [0.25, 0.3) is 0 Å². The molecule has 1 aromatic carbocycles. The first-order valence-electron chi connectivity index (χ1n) is 7.10. The molecule has 2 heterocycles. The summed E-state index contributed by atoms with van der Waals surface area (Å²) in [4.78, 5) is 25.6. The number of fused-ring (bicyclic) bond motifs is 1. The van der Waals surface area contributed by atoms with Crippen molar-refractivity contribution >= 4 is 17.6 Å². The standard InChI is InChI=1S/C15H18N2O4/c18-14(12-9-21-6-5-16-12)17-8-11(15(19)20)7-10-3-1-2-4-13(10)17/h1-4,11-12,16H,5-9H2,(H,19,20). The van der Waals surface area contributed by atoms with Crippen LogP contribution in [0.5, 0.6) is 0 Å². The molecule has 1 saturated heterocycles. The average molecular weight is 290 g/mol. The Balaban J connectivity index is 1.88. The van der Waals surface area contributed by atoms with Crippen molar-refractivity contribution in [1.82, 2.24) is 5.32 Å². The van der Waals surface area contributed by atoms with Crippen LogP contribution < -0.4 is 10.2 Å². The first-order valence-corrected chi connectivity index (χ1v) is 7.10. The zero-order chi connectivity index (χ0) is 14.8. The first kappa shape index (κ1) is 14.0. The van der Waals surface area contributed by atoms with E-state index in [1.807, 2.05) is 24.3 Å². The maximum atomic E-state index is 12.7. The van der Waals surface area contributed by atoms with Crippen LogP contribution in [-0.2, 0) is 20.7 Å². The van der Waals surface area contributed by atoms with E-state index in [1.165, 1.54) is 0 Å². The van der Waals surface area contributed by atoms with Gasteiger partial charge in [-0.05, 0) is 18.1 Å². The number of nitrogens with one attached hydrogen (secondary N) is 1. The summed E-state index contributed by atoms with van der Waals surface area (Å²) in [6, 6.07) is 7.09. The average Bonchev–Trinajstić information content (AvgIpc) is 2.54. The second kappa shape index (κ2) is 5.83. The molecule has 2 N–H and O–H groups in total. The second-order valence-corrected chi connectivity index (χ2v) is 5.40. The highest BCUT2D eigenvalue weighted by Crippen LogP contribution is 2.30. The Morgan fingerprint density at radius 1 is 1.33 bits per heavy atom. The number of hydrogen-bond donors (Lipinski definition) is 2. The van der Waals surface area contributed by atoms with Crippen LogP contribution >= 0.6 is 0 Å². The van der Waals surface area contributed by atoms with Gasteiger partial charge in [-0.1, -0.05) is 18.2 Å². The minimum absolute atomic E-state index is 0.117. The molecule has 3 rings (SSSR count). The molecule has 0 spiro atoms. The number of carboxylic acid groups (broad SMARTS) is 1. The zero-order valence-electron chi connectivity index (χ0n) is 11.6. The smallest absolute Gasteiger partial charge is 0.308 e. The summed E-state index contributed by atoms with van der Waals surface area (Å²) in [5.41, 5.74) is 1.72. The summed E-state index contributed by atoms with van der Waals surface area (Å²) in [5, 5.41) is 12.4. The highest BCUT2D eigenvalue weighted by Gasteiger charge is 2.35. The molecular weight excluding hydrogens is 272 g/mol. The number of carboxylic acids is 1. The van der Waals surface area contributed by atoms with Gasteiger partial charge in [-0.3, -0.25) is 9.59 Å². The Hall–Kier alpha value is -1.92. The Bertz CT molecular complexity index is 554. The lowest BCUT2D eigenvalue weighted by Gasteiger charge is -2.36. The molecule has 1 fully saturated rings. The van der Waals surface area contributed by atoms with Crippen LogP contribution in [0.3, 0.4) is 0 Å². The molecule has 1 amide bonds. The van der Waals surface area contributed by atoms with Crippen molar-refractivity contribution in [3.8, 4) is 0 Å². The van der Waals surface area contributed by atoms with Crippen molar-refractivity contribution in [2.45, 2.75) is 12.5 Å². The number of rotatable bonds is 2. The van der Waals surface area contributed by atoms with Gasteiger partial charge in [-0.15, -0.1) is 0 Å². The van der Waals surface area contributed by atoms with Crippen LogP contribution in [0, 0.1) is 5.92 Å².